The van der Waals surface area contributed by atoms with Gasteiger partial charge in [0, 0.05) is 13.7 Å². The maximum atomic E-state index is 5.59. The van der Waals surface area contributed by atoms with Crippen molar-refractivity contribution in [1.29, 1.82) is 0 Å². The number of methoxy groups -OCH3 is 1. The average molecular weight is 263 g/mol. The lowest BCUT2D eigenvalue weighted by Gasteiger charge is -2.13. The fourth-order valence-corrected chi connectivity index (χ4v) is 1.31. The Bertz CT molecular complexity index is 158. The van der Waals surface area contributed by atoms with Gasteiger partial charge in [0.05, 0.1) is 45.7 Å². The molecule has 0 aromatic rings. The highest BCUT2D eigenvalue weighted by atomic mass is 16.6. The molecule has 0 spiro atoms. The first-order valence-electron chi connectivity index (χ1n) is 6.78. The monoisotopic (exact) mass is 263 g/mol. The van der Waals surface area contributed by atoms with Crippen LogP contribution >= 0.6 is 0 Å². The Morgan fingerprint density at radius 2 is 1.56 bits per heavy atom. The summed E-state index contributed by atoms with van der Waals surface area (Å²) < 4.78 is 21.1. The molecule has 0 saturated carbocycles. The second-order valence-corrected chi connectivity index (χ2v) is 4.10. The summed E-state index contributed by atoms with van der Waals surface area (Å²) in [5, 5.41) is 3.32. The van der Waals surface area contributed by atoms with E-state index in [2.05, 4.69) is 19.2 Å². The fourth-order valence-electron chi connectivity index (χ4n) is 1.31. The lowest BCUT2D eigenvalue weighted by molar-refractivity contribution is -0.0115. The molecule has 110 valence electrons. The molecule has 0 saturated heterocycles. The van der Waals surface area contributed by atoms with E-state index in [0.29, 0.717) is 39.6 Å². The number of ether oxygens (including phenoxy) is 4. The molecule has 0 amide bonds. The highest BCUT2D eigenvalue weighted by Crippen LogP contribution is 1.89. The molecule has 5 nitrogen and oxygen atoms in total. The van der Waals surface area contributed by atoms with Crippen molar-refractivity contribution in [3.8, 4) is 0 Å². The number of nitrogens with one attached hydrogen (secondary N) is 1. The highest BCUT2D eigenvalue weighted by Gasteiger charge is 2.00. The van der Waals surface area contributed by atoms with Gasteiger partial charge >= 0.3 is 0 Å². The third-order valence-corrected chi connectivity index (χ3v) is 2.29. The van der Waals surface area contributed by atoms with Crippen molar-refractivity contribution < 1.29 is 18.9 Å². The lowest BCUT2D eigenvalue weighted by Crippen LogP contribution is -2.28. The highest BCUT2D eigenvalue weighted by molar-refractivity contribution is 4.54. The average Bonchev–Trinajstić information content (AvgIpc) is 2.37. The number of hydrogen-bond acceptors (Lipinski definition) is 5. The fraction of sp³-hybridized carbons (Fsp3) is 1.00. The van der Waals surface area contributed by atoms with Crippen molar-refractivity contribution in [2.45, 2.75) is 26.4 Å². The summed E-state index contributed by atoms with van der Waals surface area (Å²) >= 11 is 0. The van der Waals surface area contributed by atoms with Gasteiger partial charge in [-0.15, -0.1) is 0 Å². The van der Waals surface area contributed by atoms with Crippen molar-refractivity contribution >= 4 is 0 Å². The van der Waals surface area contributed by atoms with Crippen molar-refractivity contribution in [2.75, 3.05) is 59.8 Å². The van der Waals surface area contributed by atoms with E-state index in [1.165, 1.54) is 0 Å². The molecule has 0 bridgehead atoms. The zero-order valence-corrected chi connectivity index (χ0v) is 12.1. The third-order valence-electron chi connectivity index (χ3n) is 2.29. The number of rotatable bonds is 14. The molecule has 1 unspecified atom stereocenters. The molecule has 5 heteroatoms. The van der Waals surface area contributed by atoms with Gasteiger partial charge in [-0.3, -0.25) is 0 Å². The molecule has 1 atom stereocenters. The summed E-state index contributed by atoms with van der Waals surface area (Å²) in [7, 11) is 1.66. The standard InChI is InChI=1S/C13H29NO4/c1-4-5-14-12-13(2)18-11-10-17-9-8-16-7-6-15-3/h13-14H,4-12H2,1-3H3. The molecule has 0 aliphatic carbocycles. The summed E-state index contributed by atoms with van der Waals surface area (Å²) in [5.74, 6) is 0. The van der Waals surface area contributed by atoms with E-state index in [1.807, 2.05) is 0 Å². The smallest absolute Gasteiger partial charge is 0.0704 e. The van der Waals surface area contributed by atoms with Crippen LogP contribution in [0.4, 0.5) is 0 Å². The number of hydrogen-bond donors (Lipinski definition) is 1. The summed E-state index contributed by atoms with van der Waals surface area (Å²) in [5.41, 5.74) is 0. The minimum atomic E-state index is 0.234. The maximum absolute atomic E-state index is 5.59. The van der Waals surface area contributed by atoms with Crippen LogP contribution in [0.2, 0.25) is 0 Å². The van der Waals surface area contributed by atoms with Crippen LogP contribution in [-0.2, 0) is 18.9 Å². The molecule has 0 aliphatic rings. The Morgan fingerprint density at radius 1 is 0.944 bits per heavy atom. The van der Waals surface area contributed by atoms with Crippen molar-refractivity contribution in [2.24, 2.45) is 0 Å². The molecule has 0 aromatic carbocycles. The molecular formula is C13H29NO4. The molecule has 1 N–H and O–H groups in total. The Balaban J connectivity index is 3.05. The SMILES string of the molecule is CCCNCC(C)OCCOCCOCCOC. The molecule has 0 rings (SSSR count). The molecule has 0 fully saturated rings. The van der Waals surface area contributed by atoms with Gasteiger partial charge in [0.2, 0.25) is 0 Å². The normalized spacial score (nSPS) is 12.8. The first-order valence-corrected chi connectivity index (χ1v) is 6.78. The topological polar surface area (TPSA) is 49.0 Å². The van der Waals surface area contributed by atoms with Gasteiger partial charge in [0.25, 0.3) is 0 Å². The summed E-state index contributed by atoms with van der Waals surface area (Å²) in [6.45, 7) is 9.88. The minimum Gasteiger partial charge on any atom is -0.382 e. The van der Waals surface area contributed by atoms with E-state index in [9.17, 15) is 0 Å². The van der Waals surface area contributed by atoms with Gasteiger partial charge in [-0.1, -0.05) is 6.92 Å². The summed E-state index contributed by atoms with van der Waals surface area (Å²) in [6.07, 6.45) is 1.39. The molecule has 0 aliphatic heterocycles. The maximum Gasteiger partial charge on any atom is 0.0704 e. The quantitative estimate of drug-likeness (QED) is 0.475. The summed E-state index contributed by atoms with van der Waals surface area (Å²) in [6, 6.07) is 0. The van der Waals surface area contributed by atoms with Crippen LogP contribution in [0.1, 0.15) is 20.3 Å². The lowest BCUT2D eigenvalue weighted by atomic mass is 10.4. The van der Waals surface area contributed by atoms with Gasteiger partial charge < -0.3 is 24.3 Å². The van der Waals surface area contributed by atoms with Crippen LogP contribution in [0.3, 0.4) is 0 Å². The molecule has 0 heterocycles. The molecular weight excluding hydrogens is 234 g/mol. The van der Waals surface area contributed by atoms with Crippen LogP contribution in [0.5, 0.6) is 0 Å². The van der Waals surface area contributed by atoms with E-state index in [-0.39, 0.29) is 6.10 Å². The molecule has 0 aromatic heterocycles. The molecule has 0 radical (unpaired) electrons. The van der Waals surface area contributed by atoms with E-state index in [1.54, 1.807) is 7.11 Å². The van der Waals surface area contributed by atoms with E-state index in [4.69, 9.17) is 18.9 Å². The predicted molar refractivity (Wildman–Crippen MR) is 72.1 cm³/mol. The Labute approximate surface area is 111 Å². The van der Waals surface area contributed by atoms with Crippen LogP contribution in [-0.4, -0.2) is 65.9 Å². The van der Waals surface area contributed by atoms with E-state index in [0.717, 1.165) is 19.5 Å². The van der Waals surface area contributed by atoms with Crippen LogP contribution in [0, 0.1) is 0 Å². The third kappa shape index (κ3) is 13.9. The Hall–Kier alpha value is -0.200. The second kappa shape index (κ2) is 14.9. The first kappa shape index (κ1) is 17.8. The van der Waals surface area contributed by atoms with Crippen molar-refractivity contribution in [3.63, 3.8) is 0 Å². The Kier molecular flexibility index (Phi) is 14.7. The van der Waals surface area contributed by atoms with Gasteiger partial charge in [-0.25, -0.2) is 0 Å². The second-order valence-electron chi connectivity index (χ2n) is 4.10. The largest absolute Gasteiger partial charge is 0.382 e. The zero-order chi connectivity index (χ0) is 13.5. The minimum absolute atomic E-state index is 0.234. The van der Waals surface area contributed by atoms with Gasteiger partial charge in [0.1, 0.15) is 0 Å². The molecule has 18 heavy (non-hydrogen) atoms. The van der Waals surface area contributed by atoms with Crippen molar-refractivity contribution in [3.05, 3.63) is 0 Å². The van der Waals surface area contributed by atoms with Gasteiger partial charge in [0.15, 0.2) is 0 Å². The summed E-state index contributed by atoms with van der Waals surface area (Å²) in [4.78, 5) is 0. The Morgan fingerprint density at radius 3 is 2.17 bits per heavy atom. The van der Waals surface area contributed by atoms with Crippen LogP contribution in [0.15, 0.2) is 0 Å². The van der Waals surface area contributed by atoms with Gasteiger partial charge in [-0.05, 0) is 19.9 Å². The van der Waals surface area contributed by atoms with Crippen LogP contribution in [0.25, 0.3) is 0 Å². The zero-order valence-electron chi connectivity index (χ0n) is 12.1. The van der Waals surface area contributed by atoms with Gasteiger partial charge in [-0.2, -0.15) is 0 Å². The predicted octanol–water partition coefficient (Wildman–Crippen LogP) is 1.07. The first-order chi connectivity index (χ1) is 8.81. The van der Waals surface area contributed by atoms with E-state index >= 15 is 0 Å². The van der Waals surface area contributed by atoms with Crippen LogP contribution < -0.4 is 5.32 Å². The van der Waals surface area contributed by atoms with Crippen molar-refractivity contribution in [1.82, 2.24) is 5.32 Å². The van der Waals surface area contributed by atoms with E-state index < -0.39 is 0 Å².